The molecule has 0 aliphatic heterocycles. The van der Waals surface area contributed by atoms with E-state index in [1.165, 1.54) is 23.7 Å². The number of nitrogens with zero attached hydrogens (tertiary/aromatic N) is 3. The fraction of sp³-hybridized carbons (Fsp3) is 0.111. The Labute approximate surface area is 90.0 Å². The molecule has 0 spiro atoms. The molecule has 0 aromatic carbocycles. The number of rotatable bonds is 3. The summed E-state index contributed by atoms with van der Waals surface area (Å²) in [6.07, 6.45) is 3.47. The van der Waals surface area contributed by atoms with Crippen molar-refractivity contribution in [3.8, 4) is 0 Å². The molecule has 2 N–H and O–H groups in total. The molecule has 0 saturated carbocycles. The molecule has 0 aliphatic carbocycles. The molecular formula is C9H8N4OS. The largest absolute Gasteiger partial charge is 0.364 e. The van der Waals surface area contributed by atoms with Gasteiger partial charge in [-0.05, 0) is 0 Å². The first-order valence-corrected chi connectivity index (χ1v) is 5.18. The van der Waals surface area contributed by atoms with Crippen LogP contribution in [0.4, 0.5) is 0 Å². The molecule has 5 nitrogen and oxygen atoms in total. The van der Waals surface area contributed by atoms with Crippen LogP contribution in [-0.4, -0.2) is 20.9 Å². The SMILES string of the molecule is NC(=O)c1nccnc1Cc1cscn1. The highest BCUT2D eigenvalue weighted by Crippen LogP contribution is 2.09. The van der Waals surface area contributed by atoms with Crippen molar-refractivity contribution in [1.82, 2.24) is 15.0 Å². The Morgan fingerprint density at radius 1 is 1.33 bits per heavy atom. The van der Waals surface area contributed by atoms with Crippen LogP contribution in [-0.2, 0) is 6.42 Å². The molecule has 2 aromatic rings. The number of carbonyl (C=O) groups is 1. The van der Waals surface area contributed by atoms with E-state index >= 15 is 0 Å². The summed E-state index contributed by atoms with van der Waals surface area (Å²) in [7, 11) is 0. The van der Waals surface area contributed by atoms with Gasteiger partial charge in [-0.15, -0.1) is 11.3 Å². The average Bonchev–Trinajstić information content (AvgIpc) is 2.71. The predicted octanol–water partition coefficient (Wildman–Crippen LogP) is 0.623. The van der Waals surface area contributed by atoms with E-state index in [1.807, 2.05) is 5.38 Å². The lowest BCUT2D eigenvalue weighted by Gasteiger charge is -2.01. The molecule has 0 bridgehead atoms. The third kappa shape index (κ3) is 2.16. The average molecular weight is 220 g/mol. The Balaban J connectivity index is 2.32. The van der Waals surface area contributed by atoms with Crippen molar-refractivity contribution in [1.29, 1.82) is 0 Å². The van der Waals surface area contributed by atoms with E-state index in [2.05, 4.69) is 15.0 Å². The maximum Gasteiger partial charge on any atom is 0.269 e. The second-order valence-electron chi connectivity index (χ2n) is 2.87. The van der Waals surface area contributed by atoms with Crippen LogP contribution in [0.2, 0.25) is 0 Å². The van der Waals surface area contributed by atoms with Gasteiger partial charge in [0.15, 0.2) is 0 Å². The Morgan fingerprint density at radius 3 is 2.80 bits per heavy atom. The molecule has 0 radical (unpaired) electrons. The third-order valence-electron chi connectivity index (χ3n) is 1.84. The number of carbonyl (C=O) groups excluding carboxylic acids is 1. The molecule has 0 atom stereocenters. The molecule has 0 aliphatic rings. The van der Waals surface area contributed by atoms with Crippen molar-refractivity contribution >= 4 is 17.2 Å². The van der Waals surface area contributed by atoms with Gasteiger partial charge in [0, 0.05) is 24.2 Å². The van der Waals surface area contributed by atoms with Crippen molar-refractivity contribution < 1.29 is 4.79 Å². The molecule has 6 heteroatoms. The molecule has 0 saturated heterocycles. The van der Waals surface area contributed by atoms with Crippen LogP contribution in [0.15, 0.2) is 23.3 Å². The Kier molecular flexibility index (Phi) is 2.68. The Hall–Kier alpha value is -1.82. The second kappa shape index (κ2) is 4.14. The van der Waals surface area contributed by atoms with Gasteiger partial charge >= 0.3 is 0 Å². The zero-order valence-corrected chi connectivity index (χ0v) is 8.57. The summed E-state index contributed by atoms with van der Waals surface area (Å²) in [4.78, 5) is 23.1. The quantitative estimate of drug-likeness (QED) is 0.822. The van der Waals surface area contributed by atoms with Crippen LogP contribution in [0.1, 0.15) is 21.9 Å². The molecule has 76 valence electrons. The summed E-state index contributed by atoms with van der Waals surface area (Å²) in [6.45, 7) is 0. The minimum absolute atomic E-state index is 0.213. The topological polar surface area (TPSA) is 81.8 Å². The van der Waals surface area contributed by atoms with Crippen LogP contribution in [0.3, 0.4) is 0 Å². The molecule has 0 unspecified atom stereocenters. The van der Waals surface area contributed by atoms with Crippen molar-refractivity contribution in [3.05, 3.63) is 40.4 Å². The summed E-state index contributed by atoms with van der Waals surface area (Å²) in [5.74, 6) is -0.562. The number of aromatic nitrogens is 3. The van der Waals surface area contributed by atoms with Gasteiger partial charge in [-0.25, -0.2) is 9.97 Å². The highest BCUT2D eigenvalue weighted by atomic mass is 32.1. The number of nitrogens with two attached hydrogens (primary N) is 1. The lowest BCUT2D eigenvalue weighted by atomic mass is 10.2. The van der Waals surface area contributed by atoms with Crippen LogP contribution in [0, 0.1) is 0 Å². The molecular weight excluding hydrogens is 212 g/mol. The van der Waals surface area contributed by atoms with Crippen LogP contribution in [0.5, 0.6) is 0 Å². The Bertz CT molecular complexity index is 469. The van der Waals surface area contributed by atoms with Crippen molar-refractivity contribution in [2.45, 2.75) is 6.42 Å². The van der Waals surface area contributed by atoms with Gasteiger partial charge in [-0.2, -0.15) is 0 Å². The van der Waals surface area contributed by atoms with Crippen molar-refractivity contribution in [2.24, 2.45) is 5.73 Å². The second-order valence-corrected chi connectivity index (χ2v) is 3.59. The molecule has 2 heterocycles. The molecule has 1 amide bonds. The van der Waals surface area contributed by atoms with Gasteiger partial charge in [-0.3, -0.25) is 9.78 Å². The zero-order chi connectivity index (χ0) is 10.7. The fourth-order valence-corrected chi connectivity index (χ4v) is 1.76. The summed E-state index contributed by atoms with van der Waals surface area (Å²) >= 11 is 1.50. The lowest BCUT2D eigenvalue weighted by Crippen LogP contribution is -2.17. The lowest BCUT2D eigenvalue weighted by molar-refractivity contribution is 0.0994. The summed E-state index contributed by atoms with van der Waals surface area (Å²) in [5, 5.41) is 1.90. The van der Waals surface area contributed by atoms with E-state index in [0.717, 1.165) is 5.69 Å². The van der Waals surface area contributed by atoms with Gasteiger partial charge in [0.25, 0.3) is 5.91 Å². The number of primary amides is 1. The number of hydrogen-bond acceptors (Lipinski definition) is 5. The first-order chi connectivity index (χ1) is 7.27. The molecule has 2 rings (SSSR count). The van der Waals surface area contributed by atoms with Gasteiger partial charge in [0.1, 0.15) is 5.69 Å². The third-order valence-corrected chi connectivity index (χ3v) is 2.47. The first kappa shape index (κ1) is 9.72. The fourth-order valence-electron chi connectivity index (χ4n) is 1.20. The van der Waals surface area contributed by atoms with Crippen molar-refractivity contribution in [2.75, 3.05) is 0 Å². The summed E-state index contributed by atoms with van der Waals surface area (Å²) in [6, 6.07) is 0. The maximum absolute atomic E-state index is 11.1. The van der Waals surface area contributed by atoms with Gasteiger partial charge in [-0.1, -0.05) is 0 Å². The normalized spacial score (nSPS) is 10.1. The zero-order valence-electron chi connectivity index (χ0n) is 7.75. The molecule has 2 aromatic heterocycles. The minimum atomic E-state index is -0.562. The first-order valence-electron chi connectivity index (χ1n) is 4.24. The van der Waals surface area contributed by atoms with Crippen LogP contribution >= 0.6 is 11.3 Å². The highest BCUT2D eigenvalue weighted by molar-refractivity contribution is 7.07. The van der Waals surface area contributed by atoms with E-state index in [4.69, 9.17) is 5.73 Å². The predicted molar refractivity (Wildman–Crippen MR) is 55.5 cm³/mol. The smallest absolute Gasteiger partial charge is 0.269 e. The molecule has 0 fully saturated rings. The van der Waals surface area contributed by atoms with E-state index < -0.39 is 5.91 Å². The molecule has 15 heavy (non-hydrogen) atoms. The van der Waals surface area contributed by atoms with E-state index in [1.54, 1.807) is 5.51 Å². The van der Waals surface area contributed by atoms with E-state index in [9.17, 15) is 4.79 Å². The van der Waals surface area contributed by atoms with Crippen LogP contribution in [0.25, 0.3) is 0 Å². The number of thiazole rings is 1. The summed E-state index contributed by atoms with van der Waals surface area (Å²) < 4.78 is 0. The summed E-state index contributed by atoms with van der Waals surface area (Å²) in [5.41, 5.74) is 8.56. The number of amides is 1. The number of hydrogen-bond donors (Lipinski definition) is 1. The van der Waals surface area contributed by atoms with Gasteiger partial charge in [0.2, 0.25) is 0 Å². The van der Waals surface area contributed by atoms with E-state index in [-0.39, 0.29) is 5.69 Å². The van der Waals surface area contributed by atoms with Crippen LogP contribution < -0.4 is 5.73 Å². The van der Waals surface area contributed by atoms with Gasteiger partial charge < -0.3 is 5.73 Å². The Morgan fingerprint density at radius 2 is 2.13 bits per heavy atom. The monoisotopic (exact) mass is 220 g/mol. The maximum atomic E-state index is 11.1. The van der Waals surface area contributed by atoms with E-state index in [0.29, 0.717) is 12.1 Å². The minimum Gasteiger partial charge on any atom is -0.364 e. The van der Waals surface area contributed by atoms with Gasteiger partial charge in [0.05, 0.1) is 16.9 Å². The highest BCUT2D eigenvalue weighted by Gasteiger charge is 2.11. The standard InChI is InChI=1S/C9H8N4OS/c10-9(14)8-7(11-1-2-12-8)3-6-4-15-5-13-6/h1-2,4-5H,3H2,(H2,10,14). The van der Waals surface area contributed by atoms with Crippen molar-refractivity contribution in [3.63, 3.8) is 0 Å².